The minimum Gasteiger partial charge on any atom is -0.489 e. The number of aryl methyl sites for hydroxylation is 1. The third kappa shape index (κ3) is 6.51. The molecule has 0 fully saturated rings. The van der Waals surface area contributed by atoms with Crippen LogP contribution >= 0.6 is 22.6 Å². The van der Waals surface area contributed by atoms with Crippen molar-refractivity contribution >= 4 is 34.1 Å². The van der Waals surface area contributed by atoms with E-state index >= 15 is 0 Å². The van der Waals surface area contributed by atoms with Crippen molar-refractivity contribution in [2.75, 3.05) is 6.61 Å². The average Bonchev–Trinajstić information content (AvgIpc) is 2.89. The molecule has 0 aliphatic rings. The molecule has 182 valence electrons. The molecule has 4 aromatic rings. The van der Waals surface area contributed by atoms with Gasteiger partial charge in [0.15, 0.2) is 6.10 Å². The summed E-state index contributed by atoms with van der Waals surface area (Å²) in [6, 6.07) is 27.9. The van der Waals surface area contributed by atoms with Crippen LogP contribution in [0.15, 0.2) is 97.2 Å². The van der Waals surface area contributed by atoms with Crippen molar-refractivity contribution in [1.82, 2.24) is 4.98 Å². The van der Waals surface area contributed by atoms with Crippen molar-refractivity contribution in [3.05, 3.63) is 117 Å². The topological polar surface area (TPSA) is 68.7 Å². The largest absolute Gasteiger partial charge is 0.489 e. The smallest absolute Gasteiger partial charge is 0.344 e. The number of aliphatic carboxylic acids is 1. The van der Waals surface area contributed by atoms with Gasteiger partial charge < -0.3 is 14.6 Å². The molecule has 0 aliphatic heterocycles. The second-order valence-electron chi connectivity index (χ2n) is 8.26. The Bertz CT molecular complexity index is 1350. The Morgan fingerprint density at radius 2 is 1.72 bits per heavy atom. The molecule has 0 bridgehead atoms. The first-order chi connectivity index (χ1) is 17.4. The average molecular weight is 591 g/mol. The van der Waals surface area contributed by atoms with E-state index in [2.05, 4.69) is 52.9 Å². The van der Waals surface area contributed by atoms with E-state index in [-0.39, 0.29) is 0 Å². The van der Waals surface area contributed by atoms with Gasteiger partial charge in [0.2, 0.25) is 0 Å². The monoisotopic (exact) mass is 591 g/mol. The molecule has 5 nitrogen and oxygen atoms in total. The van der Waals surface area contributed by atoms with E-state index in [1.807, 2.05) is 61.7 Å². The lowest BCUT2D eigenvalue weighted by atomic mass is 9.98. The molecule has 1 unspecified atom stereocenters. The fraction of sp³-hybridized carbons (Fsp3) is 0.133. The van der Waals surface area contributed by atoms with Crippen LogP contribution in [0, 0.1) is 10.5 Å². The maximum absolute atomic E-state index is 11.1. The van der Waals surface area contributed by atoms with Crippen LogP contribution in [0.1, 0.15) is 23.6 Å². The summed E-state index contributed by atoms with van der Waals surface area (Å²) in [5.41, 5.74) is 5.92. The third-order valence-electron chi connectivity index (χ3n) is 5.63. The fourth-order valence-electron chi connectivity index (χ4n) is 3.67. The van der Waals surface area contributed by atoms with Gasteiger partial charge in [0.25, 0.3) is 0 Å². The van der Waals surface area contributed by atoms with Gasteiger partial charge in [0.1, 0.15) is 18.1 Å². The second-order valence-corrected chi connectivity index (χ2v) is 9.51. The number of halogens is 1. The van der Waals surface area contributed by atoms with Crippen molar-refractivity contribution in [2.24, 2.45) is 0 Å². The predicted octanol–water partition coefficient (Wildman–Crippen LogP) is 7.02. The lowest BCUT2D eigenvalue weighted by Crippen LogP contribution is -2.23. The number of ether oxygens (including phenoxy) is 2. The number of nitrogens with zero attached hydrogens (tertiary/aromatic N) is 1. The summed E-state index contributed by atoms with van der Waals surface area (Å²) in [6.07, 6.45) is 3.02. The molecule has 0 spiro atoms. The van der Waals surface area contributed by atoms with E-state index in [1.54, 1.807) is 12.1 Å². The molecule has 1 N–H and O–H groups in total. The highest BCUT2D eigenvalue weighted by atomic mass is 127. The number of rotatable bonds is 9. The van der Waals surface area contributed by atoms with Gasteiger partial charge in [-0.3, -0.25) is 4.98 Å². The standard InChI is InChI=1S/C30H26INO4/c1-20-18-26(13-15-29(20)36-21(2)30(33)34)35-17-16-27(22-8-11-25(31)12-9-22)24-10-14-28(32-19-24)23-6-4-3-5-7-23/h3-16,18-19,21H,17H2,1-2H3,(H,33,34)/b27-16+. The zero-order valence-electron chi connectivity index (χ0n) is 20.0. The molecule has 3 aromatic carbocycles. The van der Waals surface area contributed by atoms with Crippen molar-refractivity contribution in [1.29, 1.82) is 0 Å². The van der Waals surface area contributed by atoms with Gasteiger partial charge in [-0.25, -0.2) is 4.79 Å². The molecular weight excluding hydrogens is 565 g/mol. The van der Waals surface area contributed by atoms with Gasteiger partial charge in [-0.1, -0.05) is 48.5 Å². The molecule has 0 saturated heterocycles. The number of aromatic nitrogens is 1. The van der Waals surface area contributed by atoms with Crippen molar-refractivity contribution in [3.8, 4) is 22.8 Å². The number of carbonyl (C=O) groups is 1. The lowest BCUT2D eigenvalue weighted by molar-refractivity contribution is -0.144. The predicted molar refractivity (Wildman–Crippen MR) is 150 cm³/mol. The minimum atomic E-state index is -1.01. The zero-order chi connectivity index (χ0) is 25.5. The first-order valence-corrected chi connectivity index (χ1v) is 12.6. The summed E-state index contributed by atoms with van der Waals surface area (Å²) < 4.78 is 12.7. The van der Waals surface area contributed by atoms with Gasteiger partial charge >= 0.3 is 5.97 Å². The fourth-order valence-corrected chi connectivity index (χ4v) is 4.03. The van der Waals surface area contributed by atoms with Gasteiger partial charge in [0, 0.05) is 20.9 Å². The van der Waals surface area contributed by atoms with E-state index in [0.717, 1.165) is 33.5 Å². The molecule has 0 aliphatic carbocycles. The van der Waals surface area contributed by atoms with E-state index in [0.29, 0.717) is 18.1 Å². The van der Waals surface area contributed by atoms with Crippen molar-refractivity contribution in [2.45, 2.75) is 20.0 Å². The van der Waals surface area contributed by atoms with E-state index in [9.17, 15) is 4.79 Å². The molecule has 4 rings (SSSR count). The Hall–Kier alpha value is -3.65. The van der Waals surface area contributed by atoms with Crippen LogP contribution in [0.3, 0.4) is 0 Å². The molecule has 1 heterocycles. The third-order valence-corrected chi connectivity index (χ3v) is 6.35. The zero-order valence-corrected chi connectivity index (χ0v) is 22.2. The molecule has 0 radical (unpaired) electrons. The summed E-state index contributed by atoms with van der Waals surface area (Å²) in [5, 5.41) is 9.07. The molecule has 0 amide bonds. The second kappa shape index (κ2) is 11.9. The Balaban J connectivity index is 1.54. The van der Waals surface area contributed by atoms with Gasteiger partial charge in [0.05, 0.1) is 5.69 Å². The van der Waals surface area contributed by atoms with Crippen LogP contribution in [0.4, 0.5) is 0 Å². The summed E-state index contributed by atoms with van der Waals surface area (Å²) in [6.45, 7) is 3.72. The molecule has 6 heteroatoms. The number of carboxylic acids is 1. The van der Waals surface area contributed by atoms with Crippen LogP contribution < -0.4 is 9.47 Å². The van der Waals surface area contributed by atoms with E-state index in [1.165, 1.54) is 10.5 Å². The van der Waals surface area contributed by atoms with Crippen LogP contribution in [-0.2, 0) is 4.79 Å². The van der Waals surface area contributed by atoms with E-state index < -0.39 is 12.1 Å². The van der Waals surface area contributed by atoms with E-state index in [4.69, 9.17) is 19.6 Å². The highest BCUT2D eigenvalue weighted by Crippen LogP contribution is 2.27. The maximum atomic E-state index is 11.1. The minimum absolute atomic E-state index is 0.354. The summed E-state index contributed by atoms with van der Waals surface area (Å²) >= 11 is 2.30. The van der Waals surface area contributed by atoms with Crippen LogP contribution in [-0.4, -0.2) is 28.8 Å². The molecular formula is C30H26INO4. The highest BCUT2D eigenvalue weighted by Gasteiger charge is 2.14. The van der Waals surface area contributed by atoms with Gasteiger partial charge in [-0.2, -0.15) is 0 Å². The molecule has 36 heavy (non-hydrogen) atoms. The van der Waals surface area contributed by atoms with Crippen molar-refractivity contribution in [3.63, 3.8) is 0 Å². The van der Waals surface area contributed by atoms with Gasteiger partial charge in [-0.15, -0.1) is 0 Å². The number of pyridine rings is 1. The molecule has 0 saturated carbocycles. The first-order valence-electron chi connectivity index (χ1n) is 11.5. The molecule has 1 atom stereocenters. The molecule has 1 aromatic heterocycles. The Labute approximate surface area is 224 Å². The number of carboxylic acid groups (broad SMARTS) is 1. The first kappa shape index (κ1) is 25.4. The van der Waals surface area contributed by atoms with Crippen molar-refractivity contribution < 1.29 is 19.4 Å². The summed E-state index contributed by atoms with van der Waals surface area (Å²) in [5.74, 6) is 0.199. The summed E-state index contributed by atoms with van der Waals surface area (Å²) in [4.78, 5) is 15.8. The normalized spacial score (nSPS) is 12.1. The Kier molecular flexibility index (Phi) is 8.38. The maximum Gasteiger partial charge on any atom is 0.344 e. The quantitative estimate of drug-likeness (QED) is 0.212. The summed E-state index contributed by atoms with van der Waals surface area (Å²) in [7, 11) is 0. The number of benzene rings is 3. The highest BCUT2D eigenvalue weighted by molar-refractivity contribution is 14.1. The number of hydrogen-bond acceptors (Lipinski definition) is 4. The van der Waals surface area contributed by atoms with Crippen LogP contribution in [0.5, 0.6) is 11.5 Å². The SMILES string of the molecule is Cc1cc(OC/C=C(\c2ccc(I)cc2)c2ccc(-c3ccccc3)nc2)ccc1OC(C)C(=O)O. The lowest BCUT2D eigenvalue weighted by Gasteiger charge is -2.14. The van der Waals surface area contributed by atoms with Crippen LogP contribution in [0.25, 0.3) is 16.8 Å². The number of hydrogen-bond donors (Lipinski definition) is 1. The van der Waals surface area contributed by atoms with Gasteiger partial charge in [-0.05, 0) is 95.6 Å². The van der Waals surface area contributed by atoms with Crippen LogP contribution in [0.2, 0.25) is 0 Å². The Morgan fingerprint density at radius 1 is 1.00 bits per heavy atom. The Morgan fingerprint density at radius 3 is 2.36 bits per heavy atom.